The summed E-state index contributed by atoms with van der Waals surface area (Å²) in [7, 11) is 0. The Kier molecular flexibility index (Phi) is 5.92. The predicted octanol–water partition coefficient (Wildman–Crippen LogP) is 3.38. The number of hydrogen-bond acceptors (Lipinski definition) is 7. The number of nitrogens with one attached hydrogen (secondary N) is 1. The molecule has 1 N–H and O–H groups in total. The Balaban J connectivity index is 1.21. The van der Waals surface area contributed by atoms with Gasteiger partial charge in [0, 0.05) is 38.2 Å². The zero-order valence-corrected chi connectivity index (χ0v) is 17.3. The minimum absolute atomic E-state index is 0.486. The van der Waals surface area contributed by atoms with E-state index in [1.807, 2.05) is 24.3 Å². The van der Waals surface area contributed by atoms with E-state index in [9.17, 15) is 0 Å². The summed E-state index contributed by atoms with van der Waals surface area (Å²) in [5.41, 5.74) is 1.02. The maximum absolute atomic E-state index is 6.08. The topological polar surface area (TPSA) is 59.8 Å². The van der Waals surface area contributed by atoms with Crippen LogP contribution >= 0.6 is 11.3 Å². The van der Waals surface area contributed by atoms with Gasteiger partial charge in [0.2, 0.25) is 0 Å². The van der Waals surface area contributed by atoms with Crippen molar-refractivity contribution in [2.75, 3.05) is 46.1 Å². The molecule has 2 fully saturated rings. The number of furan rings is 1. The Hall–Kier alpha value is -1.77. The molecule has 5 rings (SSSR count). The van der Waals surface area contributed by atoms with Crippen molar-refractivity contribution in [1.29, 1.82) is 0 Å². The largest absolute Gasteiger partial charge is 0.457 e. The van der Waals surface area contributed by atoms with E-state index in [2.05, 4.69) is 22.3 Å². The molecule has 0 bridgehead atoms. The number of hydrogen-bond donors (Lipinski definition) is 1. The first-order valence-corrected chi connectivity index (χ1v) is 11.2. The van der Waals surface area contributed by atoms with Crippen LogP contribution in [0.15, 0.2) is 40.8 Å². The Morgan fingerprint density at radius 2 is 2.00 bits per heavy atom. The van der Waals surface area contributed by atoms with E-state index in [0.717, 1.165) is 81.1 Å². The summed E-state index contributed by atoms with van der Waals surface area (Å²) < 4.78 is 18.5. The van der Waals surface area contributed by atoms with Crippen LogP contribution in [0.4, 0.5) is 0 Å². The lowest BCUT2D eigenvalue weighted by atomic mass is 9.97. The van der Waals surface area contributed by atoms with Crippen molar-refractivity contribution < 1.29 is 13.9 Å². The molecule has 2 saturated heterocycles. The van der Waals surface area contributed by atoms with Crippen LogP contribution in [0.5, 0.6) is 0 Å². The summed E-state index contributed by atoms with van der Waals surface area (Å²) >= 11 is 1.67. The number of para-hydroxylation sites is 1. The fourth-order valence-electron chi connectivity index (χ4n) is 4.27. The number of nitrogens with zero attached hydrogens (tertiary/aromatic N) is 2. The molecule has 2 aromatic heterocycles. The Morgan fingerprint density at radius 1 is 1.10 bits per heavy atom. The van der Waals surface area contributed by atoms with Gasteiger partial charge in [-0.05, 0) is 30.7 Å². The third-order valence-corrected chi connectivity index (χ3v) is 6.89. The summed E-state index contributed by atoms with van der Waals surface area (Å²) in [4.78, 5) is 7.25. The summed E-state index contributed by atoms with van der Waals surface area (Å²) in [5, 5.41) is 4.56. The summed E-state index contributed by atoms with van der Waals surface area (Å²) in [6.07, 6.45) is 1.15. The number of thiazole rings is 1. The van der Waals surface area contributed by atoms with E-state index in [1.165, 1.54) is 4.70 Å². The van der Waals surface area contributed by atoms with Gasteiger partial charge < -0.3 is 19.2 Å². The highest BCUT2D eigenvalue weighted by Gasteiger charge is 2.31. The van der Waals surface area contributed by atoms with Gasteiger partial charge in [-0.3, -0.25) is 4.90 Å². The second-order valence-corrected chi connectivity index (χ2v) is 8.75. The molecule has 3 aromatic rings. The molecule has 6 nitrogen and oxygen atoms in total. The maximum atomic E-state index is 6.08. The van der Waals surface area contributed by atoms with Gasteiger partial charge in [-0.1, -0.05) is 12.1 Å². The van der Waals surface area contributed by atoms with Crippen LogP contribution < -0.4 is 5.32 Å². The highest BCUT2D eigenvalue weighted by molar-refractivity contribution is 7.21. The zero-order chi connectivity index (χ0) is 19.5. The summed E-state index contributed by atoms with van der Waals surface area (Å²) in [6, 6.07) is 12.8. The van der Waals surface area contributed by atoms with Crippen LogP contribution in [0.25, 0.3) is 21.0 Å². The molecule has 154 valence electrons. The van der Waals surface area contributed by atoms with Crippen molar-refractivity contribution in [2.24, 2.45) is 5.92 Å². The Bertz CT molecular complexity index is 895. The average Bonchev–Trinajstić information content (AvgIpc) is 3.52. The highest BCUT2D eigenvalue weighted by atomic mass is 32.1. The van der Waals surface area contributed by atoms with Gasteiger partial charge in [-0.2, -0.15) is 0 Å². The van der Waals surface area contributed by atoms with Crippen molar-refractivity contribution in [3.05, 3.63) is 42.2 Å². The molecule has 29 heavy (non-hydrogen) atoms. The lowest BCUT2D eigenvalue weighted by Crippen LogP contribution is -2.51. The van der Waals surface area contributed by atoms with E-state index in [-0.39, 0.29) is 0 Å². The molecule has 0 spiro atoms. The van der Waals surface area contributed by atoms with Crippen molar-refractivity contribution in [1.82, 2.24) is 15.2 Å². The second kappa shape index (κ2) is 8.93. The van der Waals surface area contributed by atoms with Gasteiger partial charge in [0.15, 0.2) is 10.8 Å². The second-order valence-electron chi connectivity index (χ2n) is 7.72. The quantitative estimate of drug-likeness (QED) is 0.641. The fraction of sp³-hybridized carbons (Fsp3) is 0.500. The van der Waals surface area contributed by atoms with Gasteiger partial charge in [-0.15, -0.1) is 11.3 Å². The van der Waals surface area contributed by atoms with Crippen molar-refractivity contribution >= 4 is 21.6 Å². The van der Waals surface area contributed by atoms with Crippen LogP contribution in [0.1, 0.15) is 12.2 Å². The number of aromatic nitrogens is 1. The normalized spacial score (nSPS) is 21.7. The monoisotopic (exact) mass is 413 g/mol. The molecule has 1 aromatic carbocycles. The zero-order valence-electron chi connectivity index (χ0n) is 16.5. The first-order chi connectivity index (χ1) is 14.4. The smallest absolute Gasteiger partial charge is 0.163 e. The predicted molar refractivity (Wildman–Crippen MR) is 114 cm³/mol. The lowest BCUT2D eigenvalue weighted by Gasteiger charge is -2.37. The number of morpholine rings is 1. The highest BCUT2D eigenvalue weighted by Crippen LogP contribution is 2.31. The van der Waals surface area contributed by atoms with Crippen LogP contribution in [0.3, 0.4) is 0 Å². The van der Waals surface area contributed by atoms with Gasteiger partial charge in [0.05, 0.1) is 36.6 Å². The fourth-order valence-corrected chi connectivity index (χ4v) is 5.20. The van der Waals surface area contributed by atoms with Crippen molar-refractivity contribution in [2.45, 2.75) is 19.0 Å². The number of fused-ring (bicyclic) bond motifs is 1. The Labute approximate surface area is 174 Å². The van der Waals surface area contributed by atoms with E-state index in [0.29, 0.717) is 12.0 Å². The number of benzene rings is 1. The van der Waals surface area contributed by atoms with E-state index >= 15 is 0 Å². The first kappa shape index (κ1) is 19.2. The first-order valence-electron chi connectivity index (χ1n) is 10.4. The molecule has 0 amide bonds. The molecule has 4 heterocycles. The lowest BCUT2D eigenvalue weighted by molar-refractivity contribution is 0.00129. The maximum Gasteiger partial charge on any atom is 0.163 e. The standard InChI is InChI=1S/C22H27N3O3S/c1-2-4-21-18(3-1)24-22(29-21)20-6-5-17(28-20)13-23-14-19(16-7-10-27-15-16)25-8-11-26-12-9-25/h1-6,16,19,23H,7-15H2/t16-,19+/m1/s1. The molecule has 0 unspecified atom stereocenters. The molecule has 0 saturated carbocycles. The van der Waals surface area contributed by atoms with Crippen LogP contribution in [-0.4, -0.2) is 62.0 Å². The molecule has 2 aliphatic rings. The van der Waals surface area contributed by atoms with Crippen molar-refractivity contribution in [3.63, 3.8) is 0 Å². The van der Waals surface area contributed by atoms with Crippen LogP contribution in [0.2, 0.25) is 0 Å². The van der Waals surface area contributed by atoms with E-state index in [4.69, 9.17) is 18.9 Å². The molecule has 2 aliphatic heterocycles. The number of rotatable bonds is 7. The molecule has 0 radical (unpaired) electrons. The molecule has 0 aliphatic carbocycles. The molecular formula is C22H27N3O3S. The third-order valence-electron chi connectivity index (χ3n) is 5.84. The minimum Gasteiger partial charge on any atom is -0.457 e. The van der Waals surface area contributed by atoms with Crippen molar-refractivity contribution in [3.8, 4) is 10.8 Å². The Morgan fingerprint density at radius 3 is 2.83 bits per heavy atom. The SMILES string of the molecule is c1ccc2sc(-c3ccc(CNC[C@@H]([C@@H]4CCOC4)N4CCOCC4)o3)nc2c1. The minimum atomic E-state index is 0.486. The average molecular weight is 414 g/mol. The van der Waals surface area contributed by atoms with Crippen LogP contribution in [-0.2, 0) is 16.0 Å². The van der Waals surface area contributed by atoms with Gasteiger partial charge >= 0.3 is 0 Å². The number of ether oxygens (including phenoxy) is 2. The van der Waals surface area contributed by atoms with Gasteiger partial charge in [0.1, 0.15) is 5.76 Å². The summed E-state index contributed by atoms with van der Waals surface area (Å²) in [5.74, 6) is 2.38. The van der Waals surface area contributed by atoms with Crippen LogP contribution in [0, 0.1) is 5.92 Å². The summed E-state index contributed by atoms with van der Waals surface area (Å²) in [6.45, 7) is 7.07. The van der Waals surface area contributed by atoms with Gasteiger partial charge in [0.25, 0.3) is 0 Å². The van der Waals surface area contributed by atoms with E-state index in [1.54, 1.807) is 11.3 Å². The molecule has 2 atom stereocenters. The third kappa shape index (κ3) is 4.39. The molecule has 7 heteroatoms. The van der Waals surface area contributed by atoms with E-state index < -0.39 is 0 Å². The van der Waals surface area contributed by atoms with Gasteiger partial charge in [-0.25, -0.2) is 4.98 Å². The molecular weight excluding hydrogens is 386 g/mol.